The van der Waals surface area contributed by atoms with Gasteiger partial charge in [-0.05, 0) is 12.1 Å². The van der Waals surface area contributed by atoms with E-state index in [0.717, 1.165) is 0 Å². The van der Waals surface area contributed by atoms with Crippen LogP contribution in [0.4, 0.5) is 0 Å². The molecule has 0 unspecified atom stereocenters. The molecule has 0 saturated heterocycles. The van der Waals surface area contributed by atoms with Crippen LogP contribution in [-0.2, 0) is 0 Å². The summed E-state index contributed by atoms with van der Waals surface area (Å²) in [6.07, 6.45) is 1.32. The third kappa shape index (κ3) is 1.98. The Kier molecular flexibility index (Phi) is 3.01. The van der Waals surface area contributed by atoms with E-state index < -0.39 is 0 Å². The van der Waals surface area contributed by atoms with Crippen molar-refractivity contribution < 1.29 is 0 Å². The number of hydrogen-bond donors (Lipinski definition) is 0. The molecule has 1 heterocycles. The van der Waals surface area contributed by atoms with E-state index in [1.165, 1.54) is 23.1 Å². The second-order valence-electron chi connectivity index (χ2n) is 2.85. The predicted octanol–water partition coefficient (Wildman–Crippen LogP) is 3.10. The molecule has 4 nitrogen and oxygen atoms in total. The Balaban J connectivity index is 2.60. The largest absolute Gasteiger partial charge is 0.191 e. The van der Waals surface area contributed by atoms with Crippen molar-refractivity contribution in [3.05, 3.63) is 39.1 Å². The molecule has 1 aromatic carbocycles. The minimum atomic E-state index is 0.182. The number of aromatic nitrogens is 3. The molecule has 7 heteroatoms. The van der Waals surface area contributed by atoms with Crippen molar-refractivity contribution >= 4 is 34.8 Å². The van der Waals surface area contributed by atoms with E-state index in [9.17, 15) is 0 Å². The SMILES string of the molecule is N#Cc1cnn(-c2c(Cl)cc(Cl)cc2Cl)n1. The number of halogens is 3. The third-order valence-corrected chi connectivity index (χ3v) is 2.58. The molecular formula is C9H3Cl3N4. The first kappa shape index (κ1) is 11.2. The summed E-state index contributed by atoms with van der Waals surface area (Å²) in [6.45, 7) is 0. The molecule has 2 rings (SSSR count). The van der Waals surface area contributed by atoms with Gasteiger partial charge < -0.3 is 0 Å². The van der Waals surface area contributed by atoms with Gasteiger partial charge >= 0.3 is 0 Å². The zero-order chi connectivity index (χ0) is 11.7. The standard InChI is InChI=1S/C9H3Cl3N4/c10-5-1-7(11)9(8(12)2-5)16-14-4-6(3-13)15-16/h1-2,4H. The van der Waals surface area contributed by atoms with Crippen LogP contribution in [-0.4, -0.2) is 15.0 Å². The van der Waals surface area contributed by atoms with Gasteiger partial charge in [0, 0.05) is 5.02 Å². The van der Waals surface area contributed by atoms with E-state index in [4.69, 9.17) is 40.1 Å². The molecule has 0 aliphatic carbocycles. The minimum Gasteiger partial charge on any atom is -0.191 e. The fraction of sp³-hybridized carbons (Fsp3) is 0. The lowest BCUT2D eigenvalue weighted by molar-refractivity contribution is 0.750. The number of hydrogen-bond acceptors (Lipinski definition) is 3. The molecular weight excluding hydrogens is 270 g/mol. The molecule has 2 aromatic rings. The molecule has 0 radical (unpaired) electrons. The highest BCUT2D eigenvalue weighted by Gasteiger charge is 2.12. The van der Waals surface area contributed by atoms with Crippen molar-refractivity contribution in [3.8, 4) is 11.8 Å². The summed E-state index contributed by atoms with van der Waals surface area (Å²) in [6, 6.07) is 4.92. The summed E-state index contributed by atoms with van der Waals surface area (Å²) in [4.78, 5) is 1.19. The van der Waals surface area contributed by atoms with Crippen LogP contribution in [0.2, 0.25) is 15.1 Å². The van der Waals surface area contributed by atoms with Crippen molar-refractivity contribution in [1.82, 2.24) is 15.0 Å². The molecule has 1 aromatic heterocycles. The van der Waals surface area contributed by atoms with Crippen LogP contribution < -0.4 is 0 Å². The number of nitriles is 1. The first-order valence-electron chi connectivity index (χ1n) is 4.09. The quantitative estimate of drug-likeness (QED) is 0.802. The topological polar surface area (TPSA) is 54.5 Å². The van der Waals surface area contributed by atoms with Crippen molar-refractivity contribution in [2.75, 3.05) is 0 Å². The van der Waals surface area contributed by atoms with Crippen LogP contribution in [0.5, 0.6) is 0 Å². The van der Waals surface area contributed by atoms with Crippen molar-refractivity contribution in [2.45, 2.75) is 0 Å². The molecule has 0 amide bonds. The highest BCUT2D eigenvalue weighted by atomic mass is 35.5. The predicted molar refractivity (Wildman–Crippen MR) is 61.1 cm³/mol. The number of nitrogens with zero attached hydrogens (tertiary/aromatic N) is 4. The molecule has 0 bridgehead atoms. The Labute approximate surface area is 106 Å². The lowest BCUT2D eigenvalue weighted by Gasteiger charge is -2.05. The highest BCUT2D eigenvalue weighted by Crippen LogP contribution is 2.31. The molecule has 80 valence electrons. The van der Waals surface area contributed by atoms with Crippen molar-refractivity contribution in [2.24, 2.45) is 0 Å². The van der Waals surface area contributed by atoms with E-state index in [1.54, 1.807) is 0 Å². The molecule has 0 fully saturated rings. The van der Waals surface area contributed by atoms with Gasteiger partial charge in [0.25, 0.3) is 0 Å². The van der Waals surface area contributed by atoms with Crippen LogP contribution in [0, 0.1) is 11.3 Å². The smallest absolute Gasteiger partial charge is 0.183 e. The maximum atomic E-state index is 8.63. The fourth-order valence-corrected chi connectivity index (χ4v) is 2.12. The first-order valence-corrected chi connectivity index (χ1v) is 5.22. The minimum absolute atomic E-state index is 0.182. The Morgan fingerprint density at radius 1 is 1.19 bits per heavy atom. The summed E-state index contributed by atoms with van der Waals surface area (Å²) < 4.78 is 0. The molecule has 0 aliphatic heterocycles. The van der Waals surface area contributed by atoms with E-state index in [2.05, 4.69) is 10.2 Å². The molecule has 0 saturated carbocycles. The van der Waals surface area contributed by atoms with Crippen molar-refractivity contribution in [3.63, 3.8) is 0 Å². The Bertz CT molecular complexity index is 562. The summed E-state index contributed by atoms with van der Waals surface area (Å²) in [5.41, 5.74) is 0.580. The average Bonchev–Trinajstić information content (AvgIpc) is 2.64. The first-order chi connectivity index (χ1) is 7.61. The second kappa shape index (κ2) is 4.30. The van der Waals surface area contributed by atoms with Crippen molar-refractivity contribution in [1.29, 1.82) is 5.26 Å². The fourth-order valence-electron chi connectivity index (χ4n) is 1.15. The maximum absolute atomic E-state index is 8.63. The molecule has 0 aliphatic rings. The molecule has 16 heavy (non-hydrogen) atoms. The third-order valence-electron chi connectivity index (χ3n) is 1.79. The number of benzene rings is 1. The van der Waals surface area contributed by atoms with Gasteiger partial charge in [-0.25, -0.2) is 0 Å². The van der Waals surface area contributed by atoms with Crippen LogP contribution in [0.15, 0.2) is 18.3 Å². The molecule has 0 N–H and O–H groups in total. The Hall–Kier alpha value is -1.28. The molecule has 0 spiro atoms. The lowest BCUT2D eigenvalue weighted by atomic mass is 10.3. The monoisotopic (exact) mass is 272 g/mol. The zero-order valence-corrected chi connectivity index (χ0v) is 9.92. The summed E-state index contributed by atoms with van der Waals surface area (Å²) in [5, 5.41) is 17.4. The van der Waals surface area contributed by atoms with Gasteiger partial charge in [-0.2, -0.15) is 10.4 Å². The van der Waals surface area contributed by atoms with Crippen LogP contribution in [0.1, 0.15) is 5.69 Å². The van der Waals surface area contributed by atoms with Gasteiger partial charge in [0.1, 0.15) is 11.8 Å². The highest BCUT2D eigenvalue weighted by molar-refractivity contribution is 6.40. The van der Waals surface area contributed by atoms with Gasteiger partial charge in [-0.3, -0.25) is 0 Å². The van der Waals surface area contributed by atoms with Gasteiger partial charge in [0.05, 0.1) is 16.2 Å². The van der Waals surface area contributed by atoms with E-state index in [-0.39, 0.29) is 5.69 Å². The van der Waals surface area contributed by atoms with Gasteiger partial charge in [-0.15, -0.1) is 9.90 Å². The van der Waals surface area contributed by atoms with E-state index in [0.29, 0.717) is 20.8 Å². The maximum Gasteiger partial charge on any atom is 0.183 e. The summed E-state index contributed by atoms with van der Waals surface area (Å²) in [5.74, 6) is 0. The van der Waals surface area contributed by atoms with Crippen LogP contribution in [0.25, 0.3) is 5.69 Å². The second-order valence-corrected chi connectivity index (χ2v) is 4.10. The average molecular weight is 274 g/mol. The lowest BCUT2D eigenvalue weighted by Crippen LogP contribution is -2.01. The Morgan fingerprint density at radius 3 is 2.31 bits per heavy atom. The summed E-state index contributed by atoms with van der Waals surface area (Å²) in [7, 11) is 0. The number of rotatable bonds is 1. The molecule has 0 atom stereocenters. The van der Waals surface area contributed by atoms with Gasteiger partial charge in [0.2, 0.25) is 0 Å². The van der Waals surface area contributed by atoms with Crippen LogP contribution in [0.3, 0.4) is 0 Å². The van der Waals surface area contributed by atoms with Crippen LogP contribution >= 0.6 is 34.8 Å². The zero-order valence-electron chi connectivity index (χ0n) is 7.65. The summed E-state index contributed by atoms with van der Waals surface area (Å²) >= 11 is 17.7. The van der Waals surface area contributed by atoms with E-state index >= 15 is 0 Å². The van der Waals surface area contributed by atoms with E-state index in [1.807, 2.05) is 6.07 Å². The normalized spacial score (nSPS) is 10.1. The Morgan fingerprint density at radius 2 is 1.81 bits per heavy atom. The van der Waals surface area contributed by atoms with Gasteiger partial charge in [-0.1, -0.05) is 34.8 Å². The van der Waals surface area contributed by atoms with Gasteiger partial charge in [0.15, 0.2) is 5.69 Å².